The highest BCUT2D eigenvalue weighted by molar-refractivity contribution is 7.86. The molecule has 2 heterocycles. The molecule has 0 amide bonds. The van der Waals surface area contributed by atoms with Crippen LogP contribution in [0.5, 0.6) is 0 Å². The number of rotatable bonds is 1. The molecule has 2 aromatic heterocycles. The van der Waals surface area contributed by atoms with Crippen LogP contribution in [-0.4, -0.2) is 23.1 Å². The molecule has 1 N–H and O–H groups in total. The van der Waals surface area contributed by atoms with Crippen molar-refractivity contribution in [2.45, 2.75) is 5.03 Å². The molecule has 0 bridgehead atoms. The molecule has 0 aliphatic rings. The Kier molecular flexibility index (Phi) is 1.57. The van der Waals surface area contributed by atoms with Crippen LogP contribution in [0.25, 0.3) is 11.0 Å². The van der Waals surface area contributed by atoms with E-state index in [0.717, 1.165) is 0 Å². The number of fused-ring (bicyclic) bond motifs is 1. The Morgan fingerprint density at radius 3 is 2.92 bits per heavy atom. The van der Waals surface area contributed by atoms with E-state index in [1.807, 2.05) is 0 Å². The summed E-state index contributed by atoms with van der Waals surface area (Å²) in [5.74, 6) is 0. The van der Waals surface area contributed by atoms with Gasteiger partial charge in [-0.15, -0.1) is 0 Å². The molecule has 0 aliphatic carbocycles. The lowest BCUT2D eigenvalue weighted by molar-refractivity contribution is 0.456. The second-order valence-corrected chi connectivity index (χ2v) is 3.67. The van der Waals surface area contributed by atoms with E-state index in [2.05, 4.69) is 14.7 Å². The molecule has 68 valence electrons. The fourth-order valence-corrected chi connectivity index (χ4v) is 1.60. The average molecular weight is 200 g/mol. The maximum Gasteiger partial charge on any atom is 0.312 e. The van der Waals surface area contributed by atoms with Crippen LogP contribution in [0, 0.1) is 0 Å². The van der Waals surface area contributed by atoms with Crippen LogP contribution < -0.4 is 0 Å². The molecule has 0 saturated heterocycles. The first-order valence-corrected chi connectivity index (χ1v) is 4.70. The molecule has 0 saturated carbocycles. The third-order valence-corrected chi connectivity index (χ3v) is 2.30. The summed E-state index contributed by atoms with van der Waals surface area (Å²) in [7, 11) is -4.31. The zero-order valence-corrected chi connectivity index (χ0v) is 7.02. The smallest absolute Gasteiger partial charge is 0.312 e. The van der Waals surface area contributed by atoms with E-state index in [-0.39, 0.29) is 11.0 Å². The molecule has 13 heavy (non-hydrogen) atoms. The fraction of sp³-hybridized carbons (Fsp3) is 0. The van der Waals surface area contributed by atoms with E-state index in [4.69, 9.17) is 4.55 Å². The van der Waals surface area contributed by atoms with Gasteiger partial charge in [0.25, 0.3) is 0 Å². The highest BCUT2D eigenvalue weighted by Crippen LogP contribution is 2.19. The molecule has 2 aromatic rings. The van der Waals surface area contributed by atoms with Gasteiger partial charge in [-0.2, -0.15) is 8.42 Å². The maximum atomic E-state index is 10.8. The standard InChI is InChI=1S/C6H4N2O4S/c9-13(10,11)6-4-3-8-12-5(4)1-2-7-6/h1-3H,(H,9,10,11). The monoisotopic (exact) mass is 200 g/mol. The summed E-state index contributed by atoms with van der Waals surface area (Å²) in [6.07, 6.45) is 2.40. The van der Waals surface area contributed by atoms with Gasteiger partial charge in [0.05, 0.1) is 11.6 Å². The van der Waals surface area contributed by atoms with Crippen LogP contribution >= 0.6 is 0 Å². The third kappa shape index (κ3) is 1.27. The van der Waals surface area contributed by atoms with Crippen molar-refractivity contribution < 1.29 is 17.5 Å². The lowest BCUT2D eigenvalue weighted by atomic mass is 10.4. The molecule has 0 fully saturated rings. The van der Waals surface area contributed by atoms with Gasteiger partial charge >= 0.3 is 10.1 Å². The summed E-state index contributed by atoms with van der Waals surface area (Å²) >= 11 is 0. The van der Waals surface area contributed by atoms with Gasteiger partial charge < -0.3 is 4.52 Å². The Morgan fingerprint density at radius 1 is 1.46 bits per heavy atom. The van der Waals surface area contributed by atoms with Gasteiger partial charge in [0.1, 0.15) is 0 Å². The molecule has 0 aliphatic heterocycles. The number of nitrogens with zero attached hydrogens (tertiary/aromatic N) is 2. The normalized spacial score (nSPS) is 12.1. The molecule has 0 atom stereocenters. The lowest BCUT2D eigenvalue weighted by Gasteiger charge is -1.94. The van der Waals surface area contributed by atoms with Crippen LogP contribution in [0.3, 0.4) is 0 Å². The predicted octanol–water partition coefficient (Wildman–Crippen LogP) is 0.470. The van der Waals surface area contributed by atoms with E-state index in [1.165, 1.54) is 18.5 Å². The van der Waals surface area contributed by atoms with Crippen molar-refractivity contribution in [3.8, 4) is 0 Å². The summed E-state index contributed by atoms with van der Waals surface area (Å²) in [6.45, 7) is 0. The first-order chi connectivity index (χ1) is 6.09. The quantitative estimate of drug-likeness (QED) is 0.672. The van der Waals surface area contributed by atoms with Gasteiger partial charge in [0.15, 0.2) is 10.6 Å². The zero-order valence-electron chi connectivity index (χ0n) is 6.21. The minimum atomic E-state index is -4.31. The van der Waals surface area contributed by atoms with Crippen molar-refractivity contribution in [1.82, 2.24) is 10.1 Å². The van der Waals surface area contributed by atoms with Crippen LogP contribution in [-0.2, 0) is 10.1 Å². The Labute approximate surface area is 72.9 Å². The SMILES string of the molecule is O=S(=O)(O)c1nccc2oncc12. The molecule has 0 radical (unpaired) electrons. The topological polar surface area (TPSA) is 93.3 Å². The van der Waals surface area contributed by atoms with Crippen LogP contribution in [0.15, 0.2) is 28.0 Å². The summed E-state index contributed by atoms with van der Waals surface area (Å²) in [4.78, 5) is 3.51. The molecule has 0 aromatic carbocycles. The average Bonchev–Trinajstić information content (AvgIpc) is 2.48. The second kappa shape index (κ2) is 2.51. The third-order valence-electron chi connectivity index (χ3n) is 1.49. The summed E-state index contributed by atoms with van der Waals surface area (Å²) in [6, 6.07) is 1.46. The summed E-state index contributed by atoms with van der Waals surface area (Å²) < 4.78 is 35.0. The lowest BCUT2D eigenvalue weighted by Crippen LogP contribution is -2.00. The van der Waals surface area contributed by atoms with E-state index < -0.39 is 15.1 Å². The first kappa shape index (κ1) is 8.14. The number of hydrogen-bond donors (Lipinski definition) is 1. The number of aromatic nitrogens is 2. The van der Waals surface area contributed by atoms with Gasteiger partial charge in [0, 0.05) is 12.3 Å². The predicted molar refractivity (Wildman–Crippen MR) is 41.6 cm³/mol. The summed E-state index contributed by atoms with van der Waals surface area (Å²) in [5, 5.41) is 3.12. The Bertz CT molecular complexity index is 545. The van der Waals surface area contributed by atoms with Gasteiger partial charge in [-0.05, 0) is 0 Å². The van der Waals surface area contributed by atoms with Crippen molar-refractivity contribution in [2.24, 2.45) is 0 Å². The highest BCUT2D eigenvalue weighted by atomic mass is 32.2. The molecule has 6 nitrogen and oxygen atoms in total. The van der Waals surface area contributed by atoms with Gasteiger partial charge in [-0.1, -0.05) is 5.16 Å². The Hall–Kier alpha value is -1.47. The van der Waals surface area contributed by atoms with E-state index in [1.54, 1.807) is 0 Å². The van der Waals surface area contributed by atoms with Gasteiger partial charge in [-0.3, -0.25) is 4.55 Å². The molecule has 0 spiro atoms. The number of pyridine rings is 1. The van der Waals surface area contributed by atoms with Crippen molar-refractivity contribution in [3.63, 3.8) is 0 Å². The number of hydrogen-bond acceptors (Lipinski definition) is 5. The maximum absolute atomic E-state index is 10.8. The van der Waals surface area contributed by atoms with Crippen LogP contribution in [0.1, 0.15) is 0 Å². The van der Waals surface area contributed by atoms with Crippen molar-refractivity contribution in [2.75, 3.05) is 0 Å². The molecule has 0 unspecified atom stereocenters. The minimum absolute atomic E-state index is 0.171. The van der Waals surface area contributed by atoms with Crippen molar-refractivity contribution in [1.29, 1.82) is 0 Å². The van der Waals surface area contributed by atoms with E-state index in [9.17, 15) is 8.42 Å². The molecule has 2 rings (SSSR count). The van der Waals surface area contributed by atoms with E-state index >= 15 is 0 Å². The molecular weight excluding hydrogens is 196 g/mol. The minimum Gasteiger partial charge on any atom is -0.356 e. The first-order valence-electron chi connectivity index (χ1n) is 3.26. The molecular formula is C6H4N2O4S. The molecule has 7 heteroatoms. The van der Waals surface area contributed by atoms with Crippen molar-refractivity contribution >= 4 is 21.1 Å². The second-order valence-electron chi connectivity index (χ2n) is 2.33. The largest absolute Gasteiger partial charge is 0.356 e. The van der Waals surface area contributed by atoms with E-state index in [0.29, 0.717) is 0 Å². The van der Waals surface area contributed by atoms with Crippen molar-refractivity contribution in [3.05, 3.63) is 18.5 Å². The van der Waals surface area contributed by atoms with Gasteiger partial charge in [-0.25, -0.2) is 4.98 Å². The van der Waals surface area contributed by atoms with Crippen LogP contribution in [0.2, 0.25) is 0 Å². The van der Waals surface area contributed by atoms with Crippen LogP contribution in [0.4, 0.5) is 0 Å². The fourth-order valence-electron chi connectivity index (χ4n) is 0.977. The van der Waals surface area contributed by atoms with Gasteiger partial charge in [0.2, 0.25) is 0 Å². The zero-order chi connectivity index (χ0) is 9.47. The Morgan fingerprint density at radius 2 is 2.23 bits per heavy atom. The highest BCUT2D eigenvalue weighted by Gasteiger charge is 2.17. The Balaban J connectivity index is 2.91. The summed E-state index contributed by atoms with van der Waals surface area (Å²) in [5.41, 5.74) is 0.266.